The molecule has 0 radical (unpaired) electrons. The highest BCUT2D eigenvalue weighted by Crippen LogP contribution is 2.32. The minimum absolute atomic E-state index is 0.224. The Labute approximate surface area is 110 Å². The van der Waals surface area contributed by atoms with Gasteiger partial charge in [0.2, 0.25) is 0 Å². The molecule has 4 nitrogen and oxygen atoms in total. The second-order valence-corrected chi connectivity index (χ2v) is 4.03. The molecule has 2 aromatic rings. The zero-order valence-electron chi connectivity index (χ0n) is 10.0. The van der Waals surface area contributed by atoms with E-state index in [0.717, 1.165) is 5.39 Å². The van der Waals surface area contributed by atoms with Crippen LogP contribution in [0.5, 0.6) is 11.5 Å². The molecular formula is C13H11ClN2O2. The van der Waals surface area contributed by atoms with Crippen LogP contribution in [0.15, 0.2) is 18.2 Å². The Morgan fingerprint density at radius 3 is 2.67 bits per heavy atom. The van der Waals surface area contributed by atoms with Crippen molar-refractivity contribution in [1.29, 1.82) is 5.26 Å². The highest BCUT2D eigenvalue weighted by Gasteiger charge is 2.10. The largest absolute Gasteiger partial charge is 0.497 e. The van der Waals surface area contributed by atoms with Gasteiger partial charge in [0.25, 0.3) is 0 Å². The third-order valence-corrected chi connectivity index (χ3v) is 2.93. The molecule has 1 aromatic carbocycles. The molecule has 0 unspecified atom stereocenters. The van der Waals surface area contributed by atoms with E-state index in [-0.39, 0.29) is 6.42 Å². The molecule has 1 heterocycles. The van der Waals surface area contributed by atoms with Crippen LogP contribution in [0.4, 0.5) is 0 Å². The van der Waals surface area contributed by atoms with E-state index in [2.05, 4.69) is 11.1 Å². The molecule has 0 spiro atoms. The van der Waals surface area contributed by atoms with E-state index in [1.165, 1.54) is 0 Å². The monoisotopic (exact) mass is 262 g/mol. The zero-order chi connectivity index (χ0) is 13.1. The number of hydrogen-bond acceptors (Lipinski definition) is 4. The minimum Gasteiger partial charge on any atom is -0.497 e. The predicted octanol–water partition coefficient (Wildman–Crippen LogP) is 2.97. The second-order valence-electron chi connectivity index (χ2n) is 3.67. The molecule has 5 heteroatoms. The van der Waals surface area contributed by atoms with Gasteiger partial charge in [-0.1, -0.05) is 11.6 Å². The quantitative estimate of drug-likeness (QED) is 0.798. The van der Waals surface area contributed by atoms with Gasteiger partial charge >= 0.3 is 0 Å². The summed E-state index contributed by atoms with van der Waals surface area (Å²) < 4.78 is 10.4. The van der Waals surface area contributed by atoms with Crippen molar-refractivity contribution in [2.45, 2.75) is 6.42 Å². The van der Waals surface area contributed by atoms with Gasteiger partial charge in [0.1, 0.15) is 22.2 Å². The Kier molecular flexibility index (Phi) is 3.54. The molecule has 92 valence electrons. The van der Waals surface area contributed by atoms with Crippen molar-refractivity contribution in [2.24, 2.45) is 0 Å². The van der Waals surface area contributed by atoms with Crippen LogP contribution < -0.4 is 9.47 Å². The molecule has 0 aliphatic carbocycles. The summed E-state index contributed by atoms with van der Waals surface area (Å²) in [5, 5.41) is 9.89. The average molecular weight is 263 g/mol. The molecular weight excluding hydrogens is 252 g/mol. The standard InChI is InChI=1S/C13H11ClN2O2/c1-17-10-6-9-5-8(3-4-15)13(14)16-12(9)11(7-10)18-2/h5-7H,3H2,1-2H3. The molecule has 0 bridgehead atoms. The molecule has 0 atom stereocenters. The molecule has 18 heavy (non-hydrogen) atoms. The first-order valence-electron chi connectivity index (χ1n) is 5.27. The number of halogens is 1. The number of pyridine rings is 1. The average Bonchev–Trinajstić information content (AvgIpc) is 2.39. The van der Waals surface area contributed by atoms with Crippen LogP contribution in [0, 0.1) is 11.3 Å². The molecule has 0 aliphatic heterocycles. The first-order chi connectivity index (χ1) is 8.69. The molecule has 2 rings (SSSR count). The lowest BCUT2D eigenvalue weighted by atomic mass is 10.1. The van der Waals surface area contributed by atoms with Crippen LogP contribution in [-0.2, 0) is 6.42 Å². The third-order valence-electron chi connectivity index (χ3n) is 2.61. The third kappa shape index (κ3) is 2.18. The molecule has 0 N–H and O–H groups in total. The van der Waals surface area contributed by atoms with Crippen molar-refractivity contribution >= 4 is 22.5 Å². The topological polar surface area (TPSA) is 55.1 Å². The summed E-state index contributed by atoms with van der Waals surface area (Å²) in [5.74, 6) is 1.26. The van der Waals surface area contributed by atoms with Gasteiger partial charge < -0.3 is 9.47 Å². The molecule has 0 saturated carbocycles. The Hall–Kier alpha value is -1.99. The van der Waals surface area contributed by atoms with Crippen LogP contribution in [-0.4, -0.2) is 19.2 Å². The van der Waals surface area contributed by atoms with Gasteiger partial charge in [-0.25, -0.2) is 4.98 Å². The van der Waals surface area contributed by atoms with Crippen molar-refractivity contribution in [1.82, 2.24) is 4.98 Å². The van der Waals surface area contributed by atoms with E-state index in [1.807, 2.05) is 12.1 Å². The number of fused-ring (bicyclic) bond motifs is 1. The summed E-state index contributed by atoms with van der Waals surface area (Å²) in [6.45, 7) is 0. The van der Waals surface area contributed by atoms with E-state index >= 15 is 0 Å². The minimum atomic E-state index is 0.224. The van der Waals surface area contributed by atoms with E-state index in [1.54, 1.807) is 20.3 Å². The molecule has 0 fully saturated rings. The number of methoxy groups -OCH3 is 2. The highest BCUT2D eigenvalue weighted by molar-refractivity contribution is 6.30. The van der Waals surface area contributed by atoms with Gasteiger partial charge in [0.15, 0.2) is 0 Å². The Balaban J connectivity index is 2.72. The Morgan fingerprint density at radius 2 is 2.06 bits per heavy atom. The van der Waals surface area contributed by atoms with Crippen molar-refractivity contribution in [3.05, 3.63) is 28.9 Å². The second kappa shape index (κ2) is 5.11. The number of nitrogens with zero attached hydrogens (tertiary/aromatic N) is 2. The van der Waals surface area contributed by atoms with Crippen LogP contribution >= 0.6 is 11.6 Å². The summed E-state index contributed by atoms with van der Waals surface area (Å²) in [6.07, 6.45) is 0.224. The number of rotatable bonds is 3. The van der Waals surface area contributed by atoms with Crippen molar-refractivity contribution < 1.29 is 9.47 Å². The van der Waals surface area contributed by atoms with E-state index in [0.29, 0.717) is 27.7 Å². The fourth-order valence-electron chi connectivity index (χ4n) is 1.73. The number of nitriles is 1. The van der Waals surface area contributed by atoms with E-state index < -0.39 is 0 Å². The Bertz CT molecular complexity index is 635. The molecule has 0 amide bonds. The van der Waals surface area contributed by atoms with E-state index in [4.69, 9.17) is 26.3 Å². The number of hydrogen-bond donors (Lipinski definition) is 0. The summed E-state index contributed by atoms with van der Waals surface area (Å²) in [5.41, 5.74) is 1.35. The predicted molar refractivity (Wildman–Crippen MR) is 69.2 cm³/mol. The highest BCUT2D eigenvalue weighted by atomic mass is 35.5. The van der Waals surface area contributed by atoms with Gasteiger partial charge in [-0.2, -0.15) is 5.26 Å². The van der Waals surface area contributed by atoms with Crippen LogP contribution in [0.2, 0.25) is 5.15 Å². The maximum atomic E-state index is 8.73. The SMILES string of the molecule is COc1cc(OC)c2nc(Cl)c(CC#N)cc2c1. The summed E-state index contributed by atoms with van der Waals surface area (Å²) >= 11 is 6.04. The van der Waals surface area contributed by atoms with Crippen LogP contribution in [0.1, 0.15) is 5.56 Å². The number of ether oxygens (including phenoxy) is 2. The first-order valence-corrected chi connectivity index (χ1v) is 5.65. The smallest absolute Gasteiger partial charge is 0.148 e. The molecule has 1 aromatic heterocycles. The summed E-state index contributed by atoms with van der Waals surface area (Å²) in [4.78, 5) is 4.27. The molecule has 0 saturated heterocycles. The summed E-state index contributed by atoms with van der Waals surface area (Å²) in [7, 11) is 3.15. The fraction of sp³-hybridized carbons (Fsp3) is 0.231. The fourth-order valence-corrected chi connectivity index (χ4v) is 1.94. The van der Waals surface area contributed by atoms with Gasteiger partial charge in [0, 0.05) is 17.0 Å². The van der Waals surface area contributed by atoms with Gasteiger partial charge in [-0.3, -0.25) is 0 Å². The van der Waals surface area contributed by atoms with E-state index in [9.17, 15) is 0 Å². The number of aromatic nitrogens is 1. The van der Waals surface area contributed by atoms with Crippen molar-refractivity contribution in [3.63, 3.8) is 0 Å². The van der Waals surface area contributed by atoms with Gasteiger partial charge in [-0.15, -0.1) is 0 Å². The normalized spacial score (nSPS) is 10.1. The number of benzene rings is 1. The van der Waals surface area contributed by atoms with Gasteiger partial charge in [-0.05, 0) is 12.1 Å². The Morgan fingerprint density at radius 1 is 1.28 bits per heavy atom. The van der Waals surface area contributed by atoms with Crippen LogP contribution in [0.3, 0.4) is 0 Å². The lowest BCUT2D eigenvalue weighted by molar-refractivity contribution is 0.397. The molecule has 0 aliphatic rings. The lowest BCUT2D eigenvalue weighted by Gasteiger charge is -2.09. The first kappa shape index (κ1) is 12.5. The zero-order valence-corrected chi connectivity index (χ0v) is 10.8. The maximum absolute atomic E-state index is 8.73. The maximum Gasteiger partial charge on any atom is 0.148 e. The van der Waals surface area contributed by atoms with Crippen molar-refractivity contribution in [3.8, 4) is 17.6 Å². The summed E-state index contributed by atoms with van der Waals surface area (Å²) in [6, 6.07) is 7.47. The van der Waals surface area contributed by atoms with Crippen molar-refractivity contribution in [2.75, 3.05) is 14.2 Å². The lowest BCUT2D eigenvalue weighted by Crippen LogP contribution is -1.94. The van der Waals surface area contributed by atoms with Crippen LogP contribution in [0.25, 0.3) is 10.9 Å². The van der Waals surface area contributed by atoms with Gasteiger partial charge in [0.05, 0.1) is 26.7 Å².